The van der Waals surface area contributed by atoms with Gasteiger partial charge in [-0.25, -0.2) is 4.79 Å². The summed E-state index contributed by atoms with van der Waals surface area (Å²) >= 11 is 0. The molecule has 17 heavy (non-hydrogen) atoms. The van der Waals surface area contributed by atoms with Crippen LogP contribution in [0.15, 0.2) is 10.5 Å². The van der Waals surface area contributed by atoms with E-state index >= 15 is 0 Å². The zero-order valence-electron chi connectivity index (χ0n) is 9.00. The Labute approximate surface area is 95.0 Å². The molecule has 0 bridgehead atoms. The maximum Gasteiger partial charge on any atom is 0.391 e. The van der Waals surface area contributed by atoms with Crippen LogP contribution in [0.5, 0.6) is 0 Å². The lowest BCUT2D eigenvalue weighted by atomic mass is 10.2. The van der Waals surface area contributed by atoms with Gasteiger partial charge in [0.25, 0.3) is 0 Å². The largest absolute Gasteiger partial charge is 0.478 e. The third-order valence-corrected chi connectivity index (χ3v) is 1.97. The van der Waals surface area contributed by atoms with Gasteiger partial charge in [-0.1, -0.05) is 0 Å². The third kappa shape index (κ3) is 4.48. The molecule has 0 unspecified atom stereocenters. The van der Waals surface area contributed by atoms with Crippen LogP contribution in [-0.4, -0.2) is 23.9 Å². The molecule has 1 N–H and O–H groups in total. The zero-order valence-corrected chi connectivity index (χ0v) is 9.00. The number of aryl methyl sites for hydroxylation is 1. The van der Waals surface area contributed by atoms with Gasteiger partial charge in [-0.2, -0.15) is 13.2 Å². The molecule has 0 spiro atoms. The maximum atomic E-state index is 11.8. The first-order chi connectivity index (χ1) is 7.79. The van der Waals surface area contributed by atoms with Gasteiger partial charge in [0.1, 0.15) is 23.7 Å². The second-order valence-corrected chi connectivity index (χ2v) is 3.41. The van der Waals surface area contributed by atoms with Gasteiger partial charge in [-0.05, 0) is 13.0 Å². The van der Waals surface area contributed by atoms with E-state index in [4.69, 9.17) is 14.3 Å². The number of carboxylic acids is 1. The molecule has 0 atom stereocenters. The van der Waals surface area contributed by atoms with Crippen LogP contribution in [0.3, 0.4) is 0 Å². The maximum absolute atomic E-state index is 11.8. The molecule has 0 aromatic carbocycles. The summed E-state index contributed by atoms with van der Waals surface area (Å²) in [6.45, 7) is 0.804. The minimum absolute atomic E-state index is 0.0144. The molecule has 0 saturated heterocycles. The van der Waals surface area contributed by atoms with Gasteiger partial charge >= 0.3 is 12.1 Å². The SMILES string of the molecule is Cc1oc(COCCC(F)(F)F)cc1C(=O)O. The van der Waals surface area contributed by atoms with Crippen molar-refractivity contribution >= 4 is 5.97 Å². The summed E-state index contributed by atoms with van der Waals surface area (Å²) in [4.78, 5) is 10.6. The molecule has 1 rings (SSSR count). The third-order valence-electron chi connectivity index (χ3n) is 1.97. The van der Waals surface area contributed by atoms with E-state index in [2.05, 4.69) is 0 Å². The molecule has 0 fully saturated rings. The molecule has 0 aliphatic rings. The van der Waals surface area contributed by atoms with Crippen molar-refractivity contribution in [1.29, 1.82) is 0 Å². The van der Waals surface area contributed by atoms with E-state index in [0.29, 0.717) is 0 Å². The first kappa shape index (κ1) is 13.6. The van der Waals surface area contributed by atoms with Gasteiger partial charge in [0.2, 0.25) is 0 Å². The van der Waals surface area contributed by atoms with Crippen LogP contribution in [0.25, 0.3) is 0 Å². The average Bonchev–Trinajstić information content (AvgIpc) is 2.53. The Morgan fingerprint density at radius 1 is 1.53 bits per heavy atom. The fraction of sp³-hybridized carbons (Fsp3) is 0.500. The van der Waals surface area contributed by atoms with E-state index in [9.17, 15) is 18.0 Å². The lowest BCUT2D eigenvalue weighted by Crippen LogP contribution is -2.11. The quantitative estimate of drug-likeness (QED) is 0.818. The van der Waals surface area contributed by atoms with Crippen LogP contribution in [0, 0.1) is 6.92 Å². The predicted molar refractivity (Wildman–Crippen MR) is 50.7 cm³/mol. The number of hydrogen-bond acceptors (Lipinski definition) is 3. The summed E-state index contributed by atoms with van der Waals surface area (Å²) < 4.78 is 45.1. The van der Waals surface area contributed by atoms with E-state index < -0.39 is 25.2 Å². The molecule has 0 aliphatic heterocycles. The van der Waals surface area contributed by atoms with E-state index in [-0.39, 0.29) is 23.7 Å². The van der Waals surface area contributed by atoms with E-state index in [1.165, 1.54) is 13.0 Å². The number of hydrogen-bond donors (Lipinski definition) is 1. The van der Waals surface area contributed by atoms with Crippen molar-refractivity contribution in [3.8, 4) is 0 Å². The van der Waals surface area contributed by atoms with Gasteiger partial charge in [-0.3, -0.25) is 0 Å². The van der Waals surface area contributed by atoms with Crippen LogP contribution < -0.4 is 0 Å². The van der Waals surface area contributed by atoms with Crippen molar-refractivity contribution in [1.82, 2.24) is 0 Å². The molecule has 0 radical (unpaired) electrons. The highest BCUT2D eigenvalue weighted by atomic mass is 19.4. The van der Waals surface area contributed by atoms with E-state index in [1.54, 1.807) is 0 Å². The number of alkyl halides is 3. The van der Waals surface area contributed by atoms with Crippen LogP contribution in [-0.2, 0) is 11.3 Å². The summed E-state index contributed by atoms with van der Waals surface area (Å²) in [7, 11) is 0. The van der Waals surface area contributed by atoms with Crippen molar-refractivity contribution in [2.75, 3.05) is 6.61 Å². The molecule has 1 aromatic heterocycles. The second kappa shape index (κ2) is 5.22. The minimum Gasteiger partial charge on any atom is -0.478 e. The second-order valence-electron chi connectivity index (χ2n) is 3.41. The van der Waals surface area contributed by atoms with Gasteiger partial charge in [0.15, 0.2) is 0 Å². The molecule has 0 saturated carbocycles. The fourth-order valence-electron chi connectivity index (χ4n) is 1.19. The molecular weight excluding hydrogens is 241 g/mol. The van der Waals surface area contributed by atoms with Gasteiger partial charge < -0.3 is 14.3 Å². The molecular formula is C10H11F3O4. The smallest absolute Gasteiger partial charge is 0.391 e. The number of aromatic carboxylic acids is 1. The van der Waals surface area contributed by atoms with Crippen LogP contribution in [0.2, 0.25) is 0 Å². The first-order valence-corrected chi connectivity index (χ1v) is 4.76. The molecule has 1 heterocycles. The number of carboxylic acid groups (broad SMARTS) is 1. The molecule has 4 nitrogen and oxygen atoms in total. The van der Waals surface area contributed by atoms with Crippen molar-refractivity contribution in [3.63, 3.8) is 0 Å². The van der Waals surface area contributed by atoms with Crippen molar-refractivity contribution in [3.05, 3.63) is 23.2 Å². The van der Waals surface area contributed by atoms with Gasteiger partial charge in [0.05, 0.1) is 13.0 Å². The lowest BCUT2D eigenvalue weighted by Gasteiger charge is -2.05. The van der Waals surface area contributed by atoms with E-state index in [1.807, 2.05) is 0 Å². The molecule has 96 valence electrons. The monoisotopic (exact) mass is 252 g/mol. The highest BCUT2D eigenvalue weighted by molar-refractivity contribution is 5.88. The lowest BCUT2D eigenvalue weighted by molar-refractivity contribution is -0.146. The zero-order chi connectivity index (χ0) is 13.1. The predicted octanol–water partition coefficient (Wildman–Crippen LogP) is 2.76. The molecule has 7 heteroatoms. The Morgan fingerprint density at radius 3 is 2.65 bits per heavy atom. The molecule has 0 amide bonds. The number of carbonyl (C=O) groups is 1. The summed E-state index contributed by atoms with van der Waals surface area (Å²) in [6.07, 6.45) is -5.30. The summed E-state index contributed by atoms with van der Waals surface area (Å²) in [5.41, 5.74) is -0.0144. The Morgan fingerprint density at radius 2 is 2.18 bits per heavy atom. The van der Waals surface area contributed by atoms with E-state index in [0.717, 1.165) is 0 Å². The van der Waals surface area contributed by atoms with Crippen LogP contribution >= 0.6 is 0 Å². The van der Waals surface area contributed by atoms with Crippen molar-refractivity contribution in [2.24, 2.45) is 0 Å². The Kier molecular flexibility index (Phi) is 4.17. The first-order valence-electron chi connectivity index (χ1n) is 4.76. The van der Waals surface area contributed by atoms with Crippen molar-refractivity contribution in [2.45, 2.75) is 26.1 Å². The molecule has 0 aliphatic carbocycles. The van der Waals surface area contributed by atoms with Gasteiger partial charge in [0, 0.05) is 0 Å². The molecule has 1 aromatic rings. The minimum atomic E-state index is -4.26. The highest BCUT2D eigenvalue weighted by Crippen LogP contribution is 2.20. The normalized spacial score (nSPS) is 11.8. The average molecular weight is 252 g/mol. The Hall–Kier alpha value is -1.50. The number of ether oxygens (including phenoxy) is 1. The van der Waals surface area contributed by atoms with Crippen LogP contribution in [0.1, 0.15) is 28.3 Å². The Bertz CT molecular complexity index is 395. The number of rotatable bonds is 5. The number of furan rings is 1. The standard InChI is InChI=1S/C10H11F3O4/c1-6-8(9(14)15)4-7(17-6)5-16-3-2-10(11,12)13/h4H,2-3,5H2,1H3,(H,14,15). The summed E-state index contributed by atoms with van der Waals surface area (Å²) in [6, 6.07) is 1.24. The Balaban J connectivity index is 2.43. The van der Waals surface area contributed by atoms with Gasteiger partial charge in [-0.15, -0.1) is 0 Å². The fourth-order valence-corrected chi connectivity index (χ4v) is 1.19. The van der Waals surface area contributed by atoms with Crippen LogP contribution in [0.4, 0.5) is 13.2 Å². The summed E-state index contributed by atoms with van der Waals surface area (Å²) in [5.74, 6) is -0.748. The topological polar surface area (TPSA) is 59.7 Å². The highest BCUT2D eigenvalue weighted by Gasteiger charge is 2.26. The van der Waals surface area contributed by atoms with Crippen molar-refractivity contribution < 1.29 is 32.2 Å². The number of halogens is 3. The summed E-state index contributed by atoms with van der Waals surface area (Å²) in [5, 5.41) is 8.71.